The molecule has 3 rings (SSSR count). The number of ether oxygens (including phenoxy) is 2. The summed E-state index contributed by atoms with van der Waals surface area (Å²) in [5.41, 5.74) is 2.28. The predicted octanol–water partition coefficient (Wildman–Crippen LogP) is 4.17. The number of hydrogen-bond donors (Lipinski definition) is 1. The Morgan fingerprint density at radius 2 is 1.72 bits per heavy atom. The fourth-order valence-corrected chi connectivity index (χ4v) is 4.69. The highest BCUT2D eigenvalue weighted by Crippen LogP contribution is 2.34. The van der Waals surface area contributed by atoms with Crippen molar-refractivity contribution in [2.75, 3.05) is 27.3 Å². The first-order valence-corrected chi connectivity index (χ1v) is 11.1. The molecule has 5 nitrogen and oxygen atoms in total. The molecule has 1 amide bonds. The molecule has 162 valence electrons. The van der Waals surface area contributed by atoms with Gasteiger partial charge in [-0.25, -0.2) is 0 Å². The van der Waals surface area contributed by atoms with Crippen molar-refractivity contribution in [3.05, 3.63) is 23.3 Å². The monoisotopic (exact) mass is 402 g/mol. The summed E-state index contributed by atoms with van der Waals surface area (Å²) in [6.07, 6.45) is 7.44. The Labute approximate surface area is 176 Å². The minimum absolute atomic E-state index is 0.121. The first kappa shape index (κ1) is 21.9. The third-order valence-electron chi connectivity index (χ3n) is 6.48. The molecule has 1 atom stereocenters. The van der Waals surface area contributed by atoms with Crippen LogP contribution in [0.2, 0.25) is 0 Å². The van der Waals surface area contributed by atoms with E-state index < -0.39 is 0 Å². The first-order valence-electron chi connectivity index (χ1n) is 11.1. The number of carbonyl (C=O) groups is 1. The van der Waals surface area contributed by atoms with Crippen molar-refractivity contribution >= 4 is 5.91 Å². The van der Waals surface area contributed by atoms with E-state index in [1.54, 1.807) is 14.2 Å². The Kier molecular flexibility index (Phi) is 7.10. The summed E-state index contributed by atoms with van der Waals surface area (Å²) in [5.74, 6) is 2.41. The lowest BCUT2D eigenvalue weighted by atomic mass is 9.83. The van der Waals surface area contributed by atoms with Gasteiger partial charge in [0, 0.05) is 13.1 Å². The second-order valence-electron chi connectivity index (χ2n) is 9.70. The van der Waals surface area contributed by atoms with Crippen LogP contribution in [-0.4, -0.2) is 44.2 Å². The van der Waals surface area contributed by atoms with Crippen LogP contribution in [0.15, 0.2) is 12.1 Å². The summed E-state index contributed by atoms with van der Waals surface area (Å²) < 4.78 is 10.9. The van der Waals surface area contributed by atoms with Gasteiger partial charge in [0.1, 0.15) is 0 Å². The molecule has 0 bridgehead atoms. The minimum atomic E-state index is -0.161. The third kappa shape index (κ3) is 5.25. The normalized spacial score (nSPS) is 18.9. The van der Waals surface area contributed by atoms with Crippen molar-refractivity contribution in [3.8, 4) is 11.5 Å². The van der Waals surface area contributed by atoms with Crippen LogP contribution in [-0.2, 0) is 17.8 Å². The van der Waals surface area contributed by atoms with Gasteiger partial charge in [0.2, 0.25) is 5.91 Å². The van der Waals surface area contributed by atoms with Crippen molar-refractivity contribution in [1.29, 1.82) is 0 Å². The Hall–Kier alpha value is -1.75. The van der Waals surface area contributed by atoms with Crippen LogP contribution in [0.5, 0.6) is 11.5 Å². The Bertz CT molecular complexity index is 705. The van der Waals surface area contributed by atoms with Crippen LogP contribution in [0.4, 0.5) is 0 Å². The Morgan fingerprint density at radius 1 is 1.10 bits per heavy atom. The molecule has 0 spiro atoms. The zero-order valence-electron chi connectivity index (χ0n) is 18.8. The largest absolute Gasteiger partial charge is 0.493 e. The van der Waals surface area contributed by atoms with Gasteiger partial charge >= 0.3 is 0 Å². The van der Waals surface area contributed by atoms with Gasteiger partial charge in [0.05, 0.1) is 20.3 Å². The van der Waals surface area contributed by atoms with Gasteiger partial charge in [0.15, 0.2) is 11.5 Å². The van der Waals surface area contributed by atoms with Crippen LogP contribution >= 0.6 is 0 Å². The van der Waals surface area contributed by atoms with E-state index in [4.69, 9.17) is 9.47 Å². The van der Waals surface area contributed by atoms with Crippen molar-refractivity contribution < 1.29 is 14.3 Å². The van der Waals surface area contributed by atoms with Gasteiger partial charge < -0.3 is 19.7 Å². The van der Waals surface area contributed by atoms with E-state index in [0.717, 1.165) is 36.6 Å². The third-order valence-corrected chi connectivity index (χ3v) is 6.48. The summed E-state index contributed by atoms with van der Waals surface area (Å²) in [6, 6.07) is 3.92. The summed E-state index contributed by atoms with van der Waals surface area (Å²) in [7, 11) is 3.32. The summed E-state index contributed by atoms with van der Waals surface area (Å²) in [6.45, 7) is 8.81. The SMILES string of the molecule is COc1cc2c(cc1OC)CN(C(=O)C(NCC1CCCCC1)C(C)(C)C)CC2. The quantitative estimate of drug-likeness (QED) is 0.776. The van der Waals surface area contributed by atoms with Crippen molar-refractivity contribution in [2.45, 2.75) is 71.9 Å². The van der Waals surface area contributed by atoms with Crippen LogP contribution in [0.1, 0.15) is 64.0 Å². The van der Waals surface area contributed by atoms with Crippen molar-refractivity contribution in [3.63, 3.8) is 0 Å². The Balaban J connectivity index is 1.71. The lowest BCUT2D eigenvalue weighted by Gasteiger charge is -2.38. The van der Waals surface area contributed by atoms with Crippen LogP contribution in [0.25, 0.3) is 0 Å². The topological polar surface area (TPSA) is 50.8 Å². The minimum Gasteiger partial charge on any atom is -0.493 e. The van der Waals surface area contributed by atoms with Gasteiger partial charge in [-0.3, -0.25) is 4.79 Å². The van der Waals surface area contributed by atoms with E-state index >= 15 is 0 Å². The van der Waals surface area contributed by atoms with E-state index in [-0.39, 0.29) is 17.4 Å². The molecule has 1 unspecified atom stereocenters. The molecule has 1 N–H and O–H groups in total. The number of methoxy groups -OCH3 is 2. The second-order valence-corrected chi connectivity index (χ2v) is 9.70. The number of nitrogens with zero attached hydrogens (tertiary/aromatic N) is 1. The van der Waals surface area contributed by atoms with E-state index in [9.17, 15) is 4.79 Å². The summed E-state index contributed by atoms with van der Waals surface area (Å²) in [5, 5.41) is 3.66. The molecule has 5 heteroatoms. The maximum absolute atomic E-state index is 13.5. The maximum atomic E-state index is 13.5. The highest BCUT2D eigenvalue weighted by Gasteiger charge is 2.36. The molecule has 1 saturated carbocycles. The number of hydrogen-bond acceptors (Lipinski definition) is 4. The lowest BCUT2D eigenvalue weighted by Crippen LogP contribution is -2.54. The van der Waals surface area contributed by atoms with Gasteiger partial charge in [-0.2, -0.15) is 0 Å². The maximum Gasteiger partial charge on any atom is 0.240 e. The van der Waals surface area contributed by atoms with Crippen LogP contribution < -0.4 is 14.8 Å². The molecule has 1 aliphatic heterocycles. The smallest absolute Gasteiger partial charge is 0.240 e. The average molecular weight is 403 g/mol. The number of rotatable bonds is 6. The van der Waals surface area contributed by atoms with Gasteiger partial charge in [0.25, 0.3) is 0 Å². The molecular formula is C24H38N2O3. The molecule has 1 aromatic carbocycles. The number of nitrogens with one attached hydrogen (secondary N) is 1. The molecule has 29 heavy (non-hydrogen) atoms. The number of amides is 1. The predicted molar refractivity (Wildman–Crippen MR) is 116 cm³/mol. The molecule has 0 radical (unpaired) electrons. The zero-order chi connectivity index (χ0) is 21.0. The highest BCUT2D eigenvalue weighted by atomic mass is 16.5. The average Bonchev–Trinajstić information content (AvgIpc) is 2.72. The second kappa shape index (κ2) is 9.38. The van der Waals surface area contributed by atoms with Crippen LogP contribution in [0.3, 0.4) is 0 Å². The summed E-state index contributed by atoms with van der Waals surface area (Å²) >= 11 is 0. The first-order chi connectivity index (χ1) is 13.8. The molecule has 1 heterocycles. The fraction of sp³-hybridized carbons (Fsp3) is 0.708. The molecule has 2 aliphatic rings. The van der Waals surface area contributed by atoms with E-state index in [2.05, 4.69) is 32.2 Å². The standard InChI is InChI=1S/C24H38N2O3/c1-24(2,3)22(25-15-17-9-7-6-8-10-17)23(27)26-12-11-18-13-20(28-4)21(29-5)14-19(18)16-26/h13-14,17,22,25H,6-12,15-16H2,1-5H3. The summed E-state index contributed by atoms with van der Waals surface area (Å²) in [4.78, 5) is 15.5. The molecular weight excluding hydrogens is 364 g/mol. The molecule has 0 aromatic heterocycles. The van der Waals surface area contributed by atoms with E-state index in [0.29, 0.717) is 12.5 Å². The van der Waals surface area contributed by atoms with Crippen molar-refractivity contribution in [1.82, 2.24) is 10.2 Å². The van der Waals surface area contributed by atoms with Gasteiger partial charge in [-0.15, -0.1) is 0 Å². The van der Waals surface area contributed by atoms with Gasteiger partial charge in [-0.1, -0.05) is 40.0 Å². The van der Waals surface area contributed by atoms with Gasteiger partial charge in [-0.05, 0) is 60.4 Å². The highest BCUT2D eigenvalue weighted by molar-refractivity contribution is 5.83. The molecule has 1 aliphatic carbocycles. The molecule has 1 aromatic rings. The van der Waals surface area contributed by atoms with Crippen LogP contribution in [0, 0.1) is 11.3 Å². The molecule has 0 saturated heterocycles. The number of benzene rings is 1. The van der Waals surface area contributed by atoms with E-state index in [1.807, 2.05) is 11.0 Å². The van der Waals surface area contributed by atoms with E-state index in [1.165, 1.54) is 37.7 Å². The Morgan fingerprint density at radius 3 is 2.31 bits per heavy atom. The number of carbonyl (C=O) groups excluding carboxylic acids is 1. The lowest BCUT2D eigenvalue weighted by molar-refractivity contribution is -0.137. The number of fused-ring (bicyclic) bond motifs is 1. The zero-order valence-corrected chi connectivity index (χ0v) is 18.8. The fourth-order valence-electron chi connectivity index (χ4n) is 4.69. The van der Waals surface area contributed by atoms with Crippen molar-refractivity contribution in [2.24, 2.45) is 11.3 Å². The molecule has 1 fully saturated rings.